The Balaban J connectivity index is 4.29. The smallest absolute Gasteiger partial charge is 0.341 e. The van der Waals surface area contributed by atoms with Crippen LogP contribution >= 0.6 is 0 Å². The number of ketones is 1. The number of Topliss-reactive ketones (excluding diaryl/α,β-unsaturated/α-hetero) is 1. The van der Waals surface area contributed by atoms with Crippen LogP contribution in [0.25, 0.3) is 0 Å². The summed E-state index contributed by atoms with van der Waals surface area (Å²) in [5.41, 5.74) is 0.117. The Hall–Kier alpha value is -1.12. The van der Waals surface area contributed by atoms with Crippen LogP contribution in [0.5, 0.6) is 0 Å². The van der Waals surface area contributed by atoms with E-state index in [1.165, 1.54) is 13.0 Å². The van der Waals surface area contributed by atoms with Gasteiger partial charge in [-0.15, -0.1) is 0 Å². The van der Waals surface area contributed by atoms with Gasteiger partial charge in [0.05, 0.1) is 12.2 Å². The fourth-order valence-electron chi connectivity index (χ4n) is 0.674. The zero-order valence-electron chi connectivity index (χ0n) is 7.01. The standard InChI is InChI=1S/C8H12O3/c1-4-7(6(3)9)8(10)11-5-2/h4H,5H2,1-3H3. The van der Waals surface area contributed by atoms with Crippen LogP contribution in [0.4, 0.5) is 0 Å². The van der Waals surface area contributed by atoms with Gasteiger partial charge in [0.15, 0.2) is 5.78 Å². The number of hydrogen-bond donors (Lipinski definition) is 0. The highest BCUT2D eigenvalue weighted by Gasteiger charge is 2.13. The van der Waals surface area contributed by atoms with Crippen molar-refractivity contribution < 1.29 is 14.3 Å². The summed E-state index contributed by atoms with van der Waals surface area (Å²) in [4.78, 5) is 21.6. The van der Waals surface area contributed by atoms with Crippen molar-refractivity contribution in [2.24, 2.45) is 0 Å². The van der Waals surface area contributed by atoms with Gasteiger partial charge in [-0.1, -0.05) is 6.08 Å². The molecule has 11 heavy (non-hydrogen) atoms. The Morgan fingerprint density at radius 1 is 1.45 bits per heavy atom. The number of esters is 1. The second kappa shape index (κ2) is 4.66. The minimum Gasteiger partial charge on any atom is -0.462 e. The third-order valence-corrected chi connectivity index (χ3v) is 1.16. The highest BCUT2D eigenvalue weighted by atomic mass is 16.5. The molecule has 0 unspecified atom stereocenters. The Bertz CT molecular complexity index is 192. The monoisotopic (exact) mass is 156 g/mol. The van der Waals surface area contributed by atoms with Crippen LogP contribution in [0.2, 0.25) is 0 Å². The Labute approximate surface area is 66.0 Å². The van der Waals surface area contributed by atoms with Crippen molar-refractivity contribution in [3.8, 4) is 0 Å². The Morgan fingerprint density at radius 2 is 2.00 bits per heavy atom. The summed E-state index contributed by atoms with van der Waals surface area (Å²) in [5, 5.41) is 0. The predicted octanol–water partition coefficient (Wildman–Crippen LogP) is 1.08. The zero-order chi connectivity index (χ0) is 8.85. The molecule has 0 aromatic rings. The van der Waals surface area contributed by atoms with E-state index >= 15 is 0 Å². The van der Waals surface area contributed by atoms with E-state index in [2.05, 4.69) is 4.74 Å². The first-order valence-electron chi connectivity index (χ1n) is 3.47. The average Bonchev–Trinajstić information content (AvgIpc) is 1.88. The van der Waals surface area contributed by atoms with Crippen LogP contribution in [0, 0.1) is 0 Å². The molecule has 0 fully saturated rings. The van der Waals surface area contributed by atoms with E-state index in [1.54, 1.807) is 13.8 Å². The fourth-order valence-corrected chi connectivity index (χ4v) is 0.674. The molecule has 0 saturated heterocycles. The number of carbonyl (C=O) groups is 2. The molecule has 0 rings (SSSR count). The van der Waals surface area contributed by atoms with Gasteiger partial charge in [-0.25, -0.2) is 4.79 Å². The van der Waals surface area contributed by atoms with E-state index in [0.29, 0.717) is 6.61 Å². The summed E-state index contributed by atoms with van der Waals surface area (Å²) >= 11 is 0. The van der Waals surface area contributed by atoms with E-state index in [1.807, 2.05) is 0 Å². The first-order valence-corrected chi connectivity index (χ1v) is 3.47. The van der Waals surface area contributed by atoms with E-state index in [-0.39, 0.29) is 11.4 Å². The maximum Gasteiger partial charge on any atom is 0.341 e. The summed E-state index contributed by atoms with van der Waals surface area (Å²) in [7, 11) is 0. The van der Waals surface area contributed by atoms with E-state index in [0.717, 1.165) is 0 Å². The summed E-state index contributed by atoms with van der Waals surface area (Å²) < 4.78 is 4.63. The molecular formula is C8H12O3. The minimum atomic E-state index is -0.539. The highest BCUT2D eigenvalue weighted by Crippen LogP contribution is 1.98. The van der Waals surface area contributed by atoms with Gasteiger partial charge in [0.2, 0.25) is 0 Å². The van der Waals surface area contributed by atoms with Crippen LogP contribution in [-0.4, -0.2) is 18.4 Å². The van der Waals surface area contributed by atoms with E-state index in [9.17, 15) is 9.59 Å². The summed E-state index contributed by atoms with van der Waals surface area (Å²) in [6.45, 7) is 4.97. The van der Waals surface area contributed by atoms with Crippen molar-refractivity contribution in [3.63, 3.8) is 0 Å². The number of hydrogen-bond acceptors (Lipinski definition) is 3. The number of rotatable bonds is 3. The lowest BCUT2D eigenvalue weighted by Gasteiger charge is -2.01. The summed E-state index contributed by atoms with van der Waals surface area (Å²) in [6.07, 6.45) is 1.46. The molecule has 0 saturated carbocycles. The second-order valence-electron chi connectivity index (χ2n) is 1.98. The first kappa shape index (κ1) is 9.88. The van der Waals surface area contributed by atoms with Crippen molar-refractivity contribution in [1.29, 1.82) is 0 Å². The molecule has 0 aromatic carbocycles. The molecule has 0 radical (unpaired) electrons. The molecule has 0 amide bonds. The van der Waals surface area contributed by atoms with Crippen LogP contribution in [0.3, 0.4) is 0 Å². The molecule has 0 N–H and O–H groups in total. The zero-order valence-corrected chi connectivity index (χ0v) is 7.01. The molecule has 0 atom stereocenters. The number of ether oxygens (including phenoxy) is 1. The molecule has 0 heterocycles. The highest BCUT2D eigenvalue weighted by molar-refractivity contribution is 6.16. The maximum absolute atomic E-state index is 10.9. The quantitative estimate of drug-likeness (QED) is 0.266. The van der Waals surface area contributed by atoms with Gasteiger partial charge >= 0.3 is 5.97 Å². The molecule has 0 aromatic heterocycles. The van der Waals surface area contributed by atoms with Gasteiger partial charge in [-0.05, 0) is 20.8 Å². The van der Waals surface area contributed by atoms with Crippen molar-refractivity contribution in [1.82, 2.24) is 0 Å². The largest absolute Gasteiger partial charge is 0.462 e. The third-order valence-electron chi connectivity index (χ3n) is 1.16. The van der Waals surface area contributed by atoms with Crippen molar-refractivity contribution >= 4 is 11.8 Å². The van der Waals surface area contributed by atoms with Crippen LogP contribution in [0.1, 0.15) is 20.8 Å². The van der Waals surface area contributed by atoms with E-state index in [4.69, 9.17) is 0 Å². The summed E-state index contributed by atoms with van der Waals surface area (Å²) in [5.74, 6) is -0.798. The number of allylic oxidation sites excluding steroid dienone is 1. The van der Waals surface area contributed by atoms with Gasteiger partial charge in [0.25, 0.3) is 0 Å². The van der Waals surface area contributed by atoms with Crippen LogP contribution < -0.4 is 0 Å². The van der Waals surface area contributed by atoms with Crippen LogP contribution in [0.15, 0.2) is 11.6 Å². The molecule has 0 aliphatic carbocycles. The molecule has 62 valence electrons. The van der Waals surface area contributed by atoms with E-state index < -0.39 is 5.97 Å². The Morgan fingerprint density at radius 3 is 2.27 bits per heavy atom. The topological polar surface area (TPSA) is 43.4 Å². The second-order valence-corrected chi connectivity index (χ2v) is 1.98. The lowest BCUT2D eigenvalue weighted by Crippen LogP contribution is -2.13. The van der Waals surface area contributed by atoms with Gasteiger partial charge in [-0.2, -0.15) is 0 Å². The average molecular weight is 156 g/mol. The summed E-state index contributed by atoms with van der Waals surface area (Å²) in [6, 6.07) is 0. The lowest BCUT2D eigenvalue weighted by molar-refractivity contribution is -0.139. The molecule has 0 aliphatic heterocycles. The van der Waals surface area contributed by atoms with Gasteiger partial charge in [-0.3, -0.25) is 4.79 Å². The van der Waals surface area contributed by atoms with Crippen molar-refractivity contribution in [2.45, 2.75) is 20.8 Å². The normalized spacial score (nSPS) is 11.0. The molecular weight excluding hydrogens is 144 g/mol. The fraction of sp³-hybridized carbons (Fsp3) is 0.500. The molecule has 0 spiro atoms. The van der Waals surface area contributed by atoms with Gasteiger partial charge in [0, 0.05) is 0 Å². The predicted molar refractivity (Wildman–Crippen MR) is 41.1 cm³/mol. The van der Waals surface area contributed by atoms with Crippen molar-refractivity contribution in [2.75, 3.05) is 6.61 Å². The van der Waals surface area contributed by atoms with Gasteiger partial charge < -0.3 is 4.74 Å². The van der Waals surface area contributed by atoms with Gasteiger partial charge in [0.1, 0.15) is 0 Å². The van der Waals surface area contributed by atoms with Crippen molar-refractivity contribution in [3.05, 3.63) is 11.6 Å². The molecule has 0 aliphatic rings. The molecule has 3 heteroatoms. The lowest BCUT2D eigenvalue weighted by atomic mass is 10.2. The number of carbonyl (C=O) groups excluding carboxylic acids is 2. The Kier molecular flexibility index (Phi) is 4.18. The SMILES string of the molecule is CC=C(C(C)=O)C(=O)OCC. The maximum atomic E-state index is 10.9. The minimum absolute atomic E-state index is 0.117. The molecule has 3 nitrogen and oxygen atoms in total. The van der Waals surface area contributed by atoms with Crippen LogP contribution in [-0.2, 0) is 14.3 Å². The third kappa shape index (κ3) is 2.98. The molecule has 0 bridgehead atoms. The first-order chi connectivity index (χ1) is 5.13.